The van der Waals surface area contributed by atoms with Gasteiger partial charge >= 0.3 is 5.97 Å². The highest BCUT2D eigenvalue weighted by Gasteiger charge is 2.42. The van der Waals surface area contributed by atoms with Crippen LogP contribution in [0.15, 0.2) is 42.5 Å². The van der Waals surface area contributed by atoms with Crippen LogP contribution in [0.2, 0.25) is 0 Å². The molecule has 148 valence electrons. The van der Waals surface area contributed by atoms with Gasteiger partial charge in [-0.15, -0.1) is 0 Å². The standard InChI is InChI=1S/C22H20N2O5/c1-3-28-22(27)21-19(26)18(25)14-9-10-15-16(20(14)29-21)17(23)12(2)24(15)11-13-7-5-4-6-8-13/h4-10,21H,3,11,23H2,1-2H3. The first-order chi connectivity index (χ1) is 13.9. The summed E-state index contributed by atoms with van der Waals surface area (Å²) in [5.74, 6) is -2.45. The fourth-order valence-electron chi connectivity index (χ4n) is 3.63. The molecule has 1 aromatic heterocycles. The van der Waals surface area contributed by atoms with Crippen LogP contribution in [0.4, 0.5) is 5.69 Å². The third-order valence-electron chi connectivity index (χ3n) is 5.12. The summed E-state index contributed by atoms with van der Waals surface area (Å²) in [6, 6.07) is 13.2. The van der Waals surface area contributed by atoms with Gasteiger partial charge in [0.15, 0.2) is 0 Å². The number of hydrogen-bond donors (Lipinski definition) is 1. The molecule has 0 bridgehead atoms. The van der Waals surface area contributed by atoms with Crippen LogP contribution >= 0.6 is 0 Å². The van der Waals surface area contributed by atoms with Crippen LogP contribution in [0.1, 0.15) is 28.5 Å². The molecule has 0 radical (unpaired) electrons. The van der Waals surface area contributed by atoms with Crippen molar-refractivity contribution in [3.8, 4) is 5.75 Å². The van der Waals surface area contributed by atoms with Gasteiger partial charge in [-0.3, -0.25) is 9.59 Å². The number of carbonyl (C=O) groups is 3. The van der Waals surface area contributed by atoms with Gasteiger partial charge < -0.3 is 19.8 Å². The topological polar surface area (TPSA) is 101 Å². The van der Waals surface area contributed by atoms with Gasteiger partial charge in [0.25, 0.3) is 11.9 Å². The Balaban J connectivity index is 1.87. The molecule has 2 N–H and O–H groups in total. The van der Waals surface area contributed by atoms with Crippen molar-refractivity contribution in [3.63, 3.8) is 0 Å². The van der Waals surface area contributed by atoms with E-state index < -0.39 is 23.6 Å². The summed E-state index contributed by atoms with van der Waals surface area (Å²) in [4.78, 5) is 37.1. The Hall–Kier alpha value is -3.61. The molecule has 2 heterocycles. The van der Waals surface area contributed by atoms with Crippen molar-refractivity contribution >= 4 is 34.1 Å². The molecule has 1 aliphatic rings. The second kappa shape index (κ2) is 7.09. The number of nitrogens with zero attached hydrogens (tertiary/aromatic N) is 1. The van der Waals surface area contributed by atoms with Gasteiger partial charge in [-0.25, -0.2) is 4.79 Å². The quantitative estimate of drug-likeness (QED) is 0.416. The zero-order valence-electron chi connectivity index (χ0n) is 16.1. The van der Waals surface area contributed by atoms with Gasteiger partial charge in [0.2, 0.25) is 5.78 Å². The normalized spacial score (nSPS) is 15.9. The minimum Gasteiger partial charge on any atom is -0.469 e. The second-order valence-electron chi connectivity index (χ2n) is 6.85. The van der Waals surface area contributed by atoms with Gasteiger partial charge in [0, 0.05) is 12.2 Å². The van der Waals surface area contributed by atoms with Crippen molar-refractivity contribution in [2.45, 2.75) is 26.5 Å². The molecular weight excluding hydrogens is 372 g/mol. The first-order valence-corrected chi connectivity index (χ1v) is 9.31. The Kier molecular flexibility index (Phi) is 4.58. The Labute approximate surface area is 167 Å². The molecule has 0 fully saturated rings. The second-order valence-corrected chi connectivity index (χ2v) is 6.85. The van der Waals surface area contributed by atoms with Gasteiger partial charge in [0.05, 0.1) is 28.8 Å². The number of esters is 1. The lowest BCUT2D eigenvalue weighted by atomic mass is 9.97. The predicted molar refractivity (Wildman–Crippen MR) is 107 cm³/mol. The summed E-state index contributed by atoms with van der Waals surface area (Å²) < 4.78 is 12.6. The number of rotatable bonds is 4. The molecule has 0 saturated carbocycles. The maximum Gasteiger partial charge on any atom is 0.355 e. The SMILES string of the molecule is CCOC(=O)C1Oc2c(ccc3c2c(N)c(C)n3Cc2ccccc2)C(=O)C1=O. The van der Waals surface area contributed by atoms with Crippen LogP contribution < -0.4 is 10.5 Å². The first-order valence-electron chi connectivity index (χ1n) is 9.31. The van der Waals surface area contributed by atoms with Crippen LogP contribution in [0.5, 0.6) is 5.75 Å². The maximum atomic E-state index is 12.6. The van der Waals surface area contributed by atoms with E-state index >= 15 is 0 Å². The number of nitrogen functional groups attached to an aromatic ring is 1. The summed E-state index contributed by atoms with van der Waals surface area (Å²) in [6.07, 6.45) is -1.61. The lowest BCUT2D eigenvalue weighted by molar-refractivity contribution is -0.154. The third kappa shape index (κ3) is 2.95. The van der Waals surface area contributed by atoms with E-state index in [4.69, 9.17) is 15.2 Å². The van der Waals surface area contributed by atoms with Crippen molar-refractivity contribution in [1.29, 1.82) is 0 Å². The molecule has 7 nitrogen and oxygen atoms in total. The van der Waals surface area contributed by atoms with Gasteiger partial charge in [0.1, 0.15) is 5.75 Å². The number of fused-ring (bicyclic) bond motifs is 3. The molecule has 0 aliphatic carbocycles. The maximum absolute atomic E-state index is 12.6. The number of hydrogen-bond acceptors (Lipinski definition) is 6. The molecule has 1 unspecified atom stereocenters. The molecule has 0 spiro atoms. The molecule has 0 amide bonds. The molecule has 1 aliphatic heterocycles. The zero-order chi connectivity index (χ0) is 20.7. The fourth-order valence-corrected chi connectivity index (χ4v) is 3.63. The largest absolute Gasteiger partial charge is 0.469 e. The fraction of sp³-hybridized carbons (Fsp3) is 0.227. The molecule has 7 heteroatoms. The summed E-state index contributed by atoms with van der Waals surface area (Å²) >= 11 is 0. The van der Waals surface area contributed by atoms with E-state index in [1.165, 1.54) is 0 Å². The number of Topliss-reactive ketones (excluding diaryl/α,β-unsaturated/α-hetero) is 2. The molecule has 4 rings (SSSR count). The van der Waals surface area contributed by atoms with Crippen LogP contribution in [-0.4, -0.2) is 34.8 Å². The Morgan fingerprint density at radius 3 is 2.59 bits per heavy atom. The average Bonchev–Trinajstić information content (AvgIpc) is 2.96. The number of anilines is 1. The van der Waals surface area contributed by atoms with Crippen LogP contribution in [0, 0.1) is 6.92 Å². The lowest BCUT2D eigenvalue weighted by Gasteiger charge is -2.23. The lowest BCUT2D eigenvalue weighted by Crippen LogP contribution is -2.44. The number of carbonyl (C=O) groups excluding carboxylic acids is 3. The van der Waals surface area contributed by atoms with Crippen LogP contribution in [-0.2, 0) is 20.9 Å². The van der Waals surface area contributed by atoms with E-state index in [9.17, 15) is 14.4 Å². The van der Waals surface area contributed by atoms with E-state index in [0.717, 1.165) is 16.8 Å². The van der Waals surface area contributed by atoms with E-state index in [0.29, 0.717) is 17.6 Å². The summed E-state index contributed by atoms with van der Waals surface area (Å²) in [7, 11) is 0. The smallest absolute Gasteiger partial charge is 0.355 e. The highest BCUT2D eigenvalue weighted by atomic mass is 16.6. The minimum atomic E-state index is -1.61. The van der Waals surface area contributed by atoms with Gasteiger partial charge in [-0.05, 0) is 31.5 Å². The number of aromatic nitrogens is 1. The summed E-state index contributed by atoms with van der Waals surface area (Å²) in [5, 5.41) is 0.520. The molecule has 1 atom stereocenters. The van der Waals surface area contributed by atoms with Crippen molar-refractivity contribution in [3.05, 3.63) is 59.3 Å². The van der Waals surface area contributed by atoms with Gasteiger partial charge in [-0.1, -0.05) is 30.3 Å². The van der Waals surface area contributed by atoms with Crippen LogP contribution in [0.3, 0.4) is 0 Å². The third-order valence-corrected chi connectivity index (χ3v) is 5.12. The zero-order valence-corrected chi connectivity index (χ0v) is 16.1. The number of ketones is 2. The Morgan fingerprint density at radius 2 is 1.90 bits per heavy atom. The van der Waals surface area contributed by atoms with E-state index in [2.05, 4.69) is 0 Å². The molecule has 2 aromatic carbocycles. The van der Waals surface area contributed by atoms with Crippen molar-refractivity contribution in [2.24, 2.45) is 0 Å². The first kappa shape index (κ1) is 18.7. The van der Waals surface area contributed by atoms with E-state index in [1.54, 1.807) is 19.1 Å². The predicted octanol–water partition coefficient (Wildman–Crippen LogP) is 2.66. The number of ether oxygens (including phenoxy) is 2. The molecule has 29 heavy (non-hydrogen) atoms. The van der Waals surface area contributed by atoms with Crippen molar-refractivity contribution in [2.75, 3.05) is 12.3 Å². The monoisotopic (exact) mass is 392 g/mol. The van der Waals surface area contributed by atoms with E-state index in [-0.39, 0.29) is 17.9 Å². The average molecular weight is 392 g/mol. The minimum absolute atomic E-state index is 0.0753. The van der Waals surface area contributed by atoms with Crippen LogP contribution in [0.25, 0.3) is 10.9 Å². The Bertz CT molecular complexity index is 1150. The molecule has 3 aromatic rings. The van der Waals surface area contributed by atoms with Gasteiger partial charge in [-0.2, -0.15) is 0 Å². The Morgan fingerprint density at radius 1 is 1.17 bits per heavy atom. The number of nitrogens with two attached hydrogens (primary N) is 1. The highest BCUT2D eigenvalue weighted by Crippen LogP contribution is 2.41. The van der Waals surface area contributed by atoms with E-state index in [1.807, 2.05) is 41.8 Å². The summed E-state index contributed by atoms with van der Waals surface area (Å²) in [5.41, 5.74) is 9.55. The molecular formula is C22H20N2O5. The van der Waals surface area contributed by atoms with Crippen molar-refractivity contribution < 1.29 is 23.9 Å². The summed E-state index contributed by atoms with van der Waals surface area (Å²) in [6.45, 7) is 4.15. The van der Waals surface area contributed by atoms with Crippen molar-refractivity contribution in [1.82, 2.24) is 4.57 Å². The highest BCUT2D eigenvalue weighted by molar-refractivity contribution is 6.49. The molecule has 0 saturated heterocycles. The number of benzene rings is 2.